The van der Waals surface area contributed by atoms with Crippen molar-refractivity contribution < 1.29 is 24.5 Å². The largest absolute Gasteiger partial charge is 0.508 e. The van der Waals surface area contributed by atoms with Crippen molar-refractivity contribution in [2.24, 2.45) is 0 Å². The molecular weight excluding hydrogens is 412 g/mol. The lowest BCUT2D eigenvalue weighted by Crippen LogP contribution is -2.33. The normalized spacial score (nSPS) is 14.8. The fraction of sp³-hybridized carbons (Fsp3) is 0.217. The van der Waals surface area contributed by atoms with Gasteiger partial charge in [0.05, 0.1) is 22.5 Å². The quantitative estimate of drug-likeness (QED) is 0.243. The second-order valence-corrected chi connectivity index (χ2v) is 7.21. The van der Waals surface area contributed by atoms with Gasteiger partial charge < -0.3 is 30.3 Å². The van der Waals surface area contributed by atoms with Crippen LogP contribution in [0, 0.1) is 0 Å². The summed E-state index contributed by atoms with van der Waals surface area (Å²) in [4.78, 5) is 12.4. The van der Waals surface area contributed by atoms with Gasteiger partial charge >= 0.3 is 0 Å². The molecule has 4 rings (SSSR count). The highest BCUT2D eigenvalue weighted by Gasteiger charge is 2.28. The van der Waals surface area contributed by atoms with Gasteiger partial charge in [-0.2, -0.15) is 5.10 Å². The van der Waals surface area contributed by atoms with Crippen LogP contribution in [0.3, 0.4) is 0 Å². The molecule has 166 valence electrons. The molecule has 9 heteroatoms. The van der Waals surface area contributed by atoms with Crippen molar-refractivity contribution in [1.82, 2.24) is 15.5 Å². The van der Waals surface area contributed by atoms with E-state index in [4.69, 9.17) is 9.47 Å². The average Bonchev–Trinajstić information content (AvgIpc) is 3.41. The average molecular weight is 436 g/mol. The second kappa shape index (κ2) is 9.99. The van der Waals surface area contributed by atoms with Crippen molar-refractivity contribution in [3.8, 4) is 17.2 Å². The van der Waals surface area contributed by atoms with Crippen LogP contribution in [0.2, 0.25) is 0 Å². The number of H-pyrrole nitrogens is 1. The molecule has 0 bridgehead atoms. The van der Waals surface area contributed by atoms with Crippen LogP contribution in [-0.2, 0) is 4.79 Å². The lowest BCUT2D eigenvalue weighted by Gasteiger charge is -2.15. The Morgan fingerprint density at radius 3 is 2.75 bits per heavy atom. The predicted molar refractivity (Wildman–Crippen MR) is 120 cm³/mol. The summed E-state index contributed by atoms with van der Waals surface area (Å²) < 4.78 is 11.4. The Balaban J connectivity index is 1.27. The molecule has 2 aromatic carbocycles. The molecule has 1 aromatic heterocycles. The maximum Gasteiger partial charge on any atom is 0.256 e. The summed E-state index contributed by atoms with van der Waals surface area (Å²) in [6.45, 7) is 1.34. The molecule has 1 atom stereocenters. The minimum atomic E-state index is -0.746. The molecule has 0 saturated carbocycles. The number of phenolic OH excluding ortho intramolecular Hbond substituents is 1. The zero-order valence-electron chi connectivity index (χ0n) is 17.2. The molecule has 32 heavy (non-hydrogen) atoms. The van der Waals surface area contributed by atoms with Crippen LogP contribution in [-0.4, -0.2) is 58.7 Å². The van der Waals surface area contributed by atoms with Crippen LogP contribution in [0.1, 0.15) is 11.3 Å². The minimum absolute atomic E-state index is 0.0633. The van der Waals surface area contributed by atoms with Gasteiger partial charge in [-0.25, -0.2) is 0 Å². The summed E-state index contributed by atoms with van der Waals surface area (Å²) in [5.41, 5.74) is 2.50. The van der Waals surface area contributed by atoms with E-state index in [1.54, 1.807) is 60.8 Å². The Bertz CT molecular complexity index is 1080. The third-order valence-corrected chi connectivity index (χ3v) is 4.81. The Morgan fingerprint density at radius 1 is 1.12 bits per heavy atom. The zero-order chi connectivity index (χ0) is 22.3. The van der Waals surface area contributed by atoms with Gasteiger partial charge in [-0.3, -0.25) is 9.89 Å². The standard InChI is InChI=1S/C23H24N4O5/c28-16-4-6-18(7-5-16)31-11-10-24-13-17(29)14-32-21-3-1-2-20-22(21)19(23(30)26-20)12-15-8-9-25-27-15/h1-9,12,17,24,28-29H,10-11,13-14H2,(H,25,27)(H,26,30). The van der Waals surface area contributed by atoms with Gasteiger partial charge in [0, 0.05) is 19.3 Å². The number of phenols is 1. The third kappa shape index (κ3) is 5.26. The lowest BCUT2D eigenvalue weighted by molar-refractivity contribution is -0.110. The number of aromatic hydroxyl groups is 1. The first-order valence-electron chi connectivity index (χ1n) is 10.2. The highest BCUT2D eigenvalue weighted by atomic mass is 16.5. The smallest absolute Gasteiger partial charge is 0.256 e. The summed E-state index contributed by atoms with van der Waals surface area (Å²) >= 11 is 0. The maximum absolute atomic E-state index is 12.4. The molecule has 3 aromatic rings. The number of nitrogens with one attached hydrogen (secondary N) is 3. The van der Waals surface area contributed by atoms with Crippen LogP contribution in [0.25, 0.3) is 11.6 Å². The summed E-state index contributed by atoms with van der Waals surface area (Å²) in [5.74, 6) is 1.14. The molecule has 0 aliphatic carbocycles. The number of hydrogen-bond acceptors (Lipinski definition) is 7. The highest BCUT2D eigenvalue weighted by Crippen LogP contribution is 2.39. The van der Waals surface area contributed by atoms with Crippen LogP contribution < -0.4 is 20.1 Å². The van der Waals surface area contributed by atoms with E-state index in [0.29, 0.717) is 53.7 Å². The highest BCUT2D eigenvalue weighted by molar-refractivity contribution is 6.35. The number of amides is 1. The molecule has 0 saturated heterocycles. The number of aliphatic hydroxyl groups excluding tert-OH is 1. The number of aromatic amines is 1. The Labute approximate surface area is 184 Å². The monoisotopic (exact) mass is 436 g/mol. The van der Waals surface area contributed by atoms with E-state index in [1.807, 2.05) is 0 Å². The lowest BCUT2D eigenvalue weighted by atomic mass is 10.0. The molecule has 0 radical (unpaired) electrons. The third-order valence-electron chi connectivity index (χ3n) is 4.81. The van der Waals surface area contributed by atoms with Crippen LogP contribution >= 0.6 is 0 Å². The van der Waals surface area contributed by atoms with Crippen LogP contribution in [0.5, 0.6) is 17.2 Å². The molecule has 1 aliphatic heterocycles. The predicted octanol–water partition coefficient (Wildman–Crippen LogP) is 2.02. The molecule has 1 aliphatic rings. The Hall–Kier alpha value is -3.82. The number of benzene rings is 2. The van der Waals surface area contributed by atoms with Gasteiger partial charge in [-0.15, -0.1) is 0 Å². The fourth-order valence-electron chi connectivity index (χ4n) is 3.27. The van der Waals surface area contributed by atoms with Gasteiger partial charge in [0.1, 0.15) is 36.6 Å². The van der Waals surface area contributed by atoms with Gasteiger partial charge in [0.15, 0.2) is 0 Å². The number of anilines is 1. The van der Waals surface area contributed by atoms with E-state index in [9.17, 15) is 15.0 Å². The number of carbonyl (C=O) groups excluding carboxylic acids is 1. The van der Waals surface area contributed by atoms with Crippen molar-refractivity contribution in [2.75, 3.05) is 31.6 Å². The first kappa shape index (κ1) is 21.4. The molecule has 1 amide bonds. The SMILES string of the molecule is O=C1Nc2cccc(OCC(O)CNCCOc3ccc(O)cc3)c2C1=Cc1ccn[nH]1. The molecule has 1 unspecified atom stereocenters. The molecule has 0 fully saturated rings. The van der Waals surface area contributed by atoms with E-state index < -0.39 is 6.10 Å². The number of fused-ring (bicyclic) bond motifs is 1. The molecule has 9 nitrogen and oxygen atoms in total. The topological polar surface area (TPSA) is 129 Å². The molecule has 5 N–H and O–H groups in total. The van der Waals surface area contributed by atoms with E-state index in [-0.39, 0.29) is 18.3 Å². The number of rotatable bonds is 10. The second-order valence-electron chi connectivity index (χ2n) is 7.21. The molecular formula is C23H24N4O5. The number of hydrogen-bond donors (Lipinski definition) is 5. The zero-order valence-corrected chi connectivity index (χ0v) is 17.2. The number of aliphatic hydroxyl groups is 1. The summed E-state index contributed by atoms with van der Waals surface area (Å²) in [5, 5.41) is 32.2. The van der Waals surface area contributed by atoms with Gasteiger partial charge in [0.2, 0.25) is 0 Å². The van der Waals surface area contributed by atoms with Crippen molar-refractivity contribution in [2.45, 2.75) is 6.10 Å². The van der Waals surface area contributed by atoms with Crippen molar-refractivity contribution in [3.05, 3.63) is 66.0 Å². The molecule has 0 spiro atoms. The number of carbonyl (C=O) groups is 1. The van der Waals surface area contributed by atoms with Gasteiger partial charge in [-0.05, 0) is 48.5 Å². The number of aromatic nitrogens is 2. The Morgan fingerprint density at radius 2 is 1.97 bits per heavy atom. The van der Waals surface area contributed by atoms with Crippen LogP contribution in [0.15, 0.2) is 54.7 Å². The minimum Gasteiger partial charge on any atom is -0.508 e. The summed E-state index contributed by atoms with van der Waals surface area (Å²) in [6.07, 6.45) is 2.58. The fourth-order valence-corrected chi connectivity index (χ4v) is 3.27. The number of ether oxygens (including phenoxy) is 2. The maximum atomic E-state index is 12.4. The van der Waals surface area contributed by atoms with Crippen molar-refractivity contribution >= 4 is 23.2 Å². The number of nitrogens with zero attached hydrogens (tertiary/aromatic N) is 1. The van der Waals surface area contributed by atoms with Crippen LogP contribution in [0.4, 0.5) is 5.69 Å². The van der Waals surface area contributed by atoms with E-state index in [0.717, 1.165) is 0 Å². The first-order valence-corrected chi connectivity index (χ1v) is 10.2. The van der Waals surface area contributed by atoms with E-state index in [1.165, 1.54) is 0 Å². The summed E-state index contributed by atoms with van der Waals surface area (Å²) in [6, 6.07) is 13.6. The first-order chi connectivity index (χ1) is 15.6. The Kier molecular flexibility index (Phi) is 6.69. The van der Waals surface area contributed by atoms with E-state index >= 15 is 0 Å². The summed E-state index contributed by atoms with van der Waals surface area (Å²) in [7, 11) is 0. The van der Waals surface area contributed by atoms with E-state index in [2.05, 4.69) is 20.8 Å². The van der Waals surface area contributed by atoms with Crippen molar-refractivity contribution in [1.29, 1.82) is 0 Å². The molecule has 2 heterocycles. The van der Waals surface area contributed by atoms with Gasteiger partial charge in [-0.1, -0.05) is 6.07 Å². The van der Waals surface area contributed by atoms with Crippen molar-refractivity contribution in [3.63, 3.8) is 0 Å². The van der Waals surface area contributed by atoms with Gasteiger partial charge in [0.25, 0.3) is 5.91 Å².